The first-order valence-electron chi connectivity index (χ1n) is 22.4. The van der Waals surface area contributed by atoms with Gasteiger partial charge in [-0.15, -0.1) is 0 Å². The zero-order valence-electron chi connectivity index (χ0n) is 34.9. The van der Waals surface area contributed by atoms with Gasteiger partial charge in [-0.1, -0.05) is 141 Å². The van der Waals surface area contributed by atoms with Crippen LogP contribution in [0.5, 0.6) is 0 Å². The molecule has 0 spiro atoms. The van der Waals surface area contributed by atoms with Crippen LogP contribution >= 0.6 is 0 Å². The van der Waals surface area contributed by atoms with Crippen molar-refractivity contribution in [2.24, 2.45) is 0 Å². The van der Waals surface area contributed by atoms with E-state index in [9.17, 15) is 30.0 Å². The lowest BCUT2D eigenvalue weighted by Crippen LogP contribution is -2.59. The normalized spacial score (nSPS) is 20.7. The Morgan fingerprint density at radius 2 is 0.964 bits per heavy atom. The number of hydrogen-bond acceptors (Lipinski definition) is 10. The third-order valence-corrected chi connectivity index (χ3v) is 10.3. The summed E-state index contributed by atoms with van der Waals surface area (Å²) in [5, 5.41) is 40.0. The number of carbonyl (C=O) groups excluding carboxylic acids is 2. The Bertz CT molecular complexity index is 954. The molecule has 0 bridgehead atoms. The van der Waals surface area contributed by atoms with Crippen LogP contribution in [0.25, 0.3) is 0 Å². The lowest BCUT2D eigenvalue weighted by atomic mass is 9.99. The van der Waals surface area contributed by atoms with Crippen LogP contribution < -0.4 is 0 Å². The monoisotopic (exact) mass is 783 g/mol. The Kier molecular flexibility index (Phi) is 34.0. The van der Waals surface area contributed by atoms with Gasteiger partial charge < -0.3 is 39.4 Å². The summed E-state index contributed by atoms with van der Waals surface area (Å²) in [6.45, 7) is 3.39. The molecule has 1 fully saturated rings. The molecule has 10 heteroatoms. The summed E-state index contributed by atoms with van der Waals surface area (Å²) in [5.41, 5.74) is 0. The highest BCUT2D eigenvalue weighted by Gasteiger charge is 2.44. The van der Waals surface area contributed by atoms with E-state index in [2.05, 4.69) is 38.2 Å². The maximum absolute atomic E-state index is 12.8. The largest absolute Gasteiger partial charge is 0.462 e. The molecule has 1 aliphatic rings. The number of unbranched alkanes of at least 4 members (excludes halogenated alkanes) is 22. The van der Waals surface area contributed by atoms with Gasteiger partial charge >= 0.3 is 11.9 Å². The van der Waals surface area contributed by atoms with Gasteiger partial charge in [0.05, 0.1) is 13.2 Å². The van der Waals surface area contributed by atoms with Gasteiger partial charge in [0, 0.05) is 12.8 Å². The van der Waals surface area contributed by atoms with Gasteiger partial charge in [-0.05, 0) is 64.2 Å². The van der Waals surface area contributed by atoms with Gasteiger partial charge in [0.25, 0.3) is 0 Å². The van der Waals surface area contributed by atoms with Crippen LogP contribution in [0.2, 0.25) is 0 Å². The van der Waals surface area contributed by atoms with Gasteiger partial charge in [0.1, 0.15) is 31.0 Å². The predicted molar refractivity (Wildman–Crippen MR) is 219 cm³/mol. The standard InChI is InChI=1S/C45H82O10/c1-3-5-7-9-11-13-15-17-19-21-23-25-27-29-31-33-40(47)52-36-38(37-53-45-44(51)43(50)42(49)39(35-46)55-45)54-41(48)34-32-30-28-26-24-22-20-18-16-14-12-10-8-6-4-2/h14,16,21,23,38-39,42-46,49-51H,3-13,15,17-20,22,24-37H2,1-2H3/b16-14+,23-21+/t38-,39-,42+,43?,44?,45-/m0/s1. The molecule has 0 aliphatic carbocycles. The van der Waals surface area contributed by atoms with Gasteiger partial charge in [0.2, 0.25) is 0 Å². The van der Waals surface area contributed by atoms with E-state index in [0.717, 1.165) is 51.4 Å². The minimum absolute atomic E-state index is 0.223. The molecule has 1 aliphatic heterocycles. The fourth-order valence-electron chi connectivity index (χ4n) is 6.71. The number of carbonyl (C=O) groups is 2. The number of rotatable bonds is 37. The van der Waals surface area contributed by atoms with Crippen LogP contribution in [-0.4, -0.2) is 89.0 Å². The van der Waals surface area contributed by atoms with Crippen molar-refractivity contribution >= 4 is 11.9 Å². The van der Waals surface area contributed by atoms with Crippen molar-refractivity contribution < 1.29 is 49.0 Å². The summed E-state index contributed by atoms with van der Waals surface area (Å²) in [6.07, 6.45) is 31.8. The Morgan fingerprint density at radius 1 is 0.545 bits per heavy atom. The highest BCUT2D eigenvalue weighted by molar-refractivity contribution is 5.70. The van der Waals surface area contributed by atoms with E-state index in [1.165, 1.54) is 103 Å². The molecule has 6 atom stereocenters. The highest BCUT2D eigenvalue weighted by Crippen LogP contribution is 2.22. The molecule has 0 aromatic heterocycles. The molecule has 1 heterocycles. The van der Waals surface area contributed by atoms with Crippen molar-refractivity contribution in [3.8, 4) is 0 Å². The van der Waals surface area contributed by atoms with Crippen LogP contribution in [-0.2, 0) is 28.5 Å². The fraction of sp³-hybridized carbons (Fsp3) is 0.867. The molecule has 2 unspecified atom stereocenters. The van der Waals surface area contributed by atoms with Crippen LogP contribution in [0, 0.1) is 0 Å². The van der Waals surface area contributed by atoms with E-state index >= 15 is 0 Å². The lowest BCUT2D eigenvalue weighted by Gasteiger charge is -2.39. The molecular weight excluding hydrogens is 700 g/mol. The first-order chi connectivity index (χ1) is 26.8. The van der Waals surface area contributed by atoms with E-state index in [4.69, 9.17) is 18.9 Å². The Morgan fingerprint density at radius 3 is 1.45 bits per heavy atom. The van der Waals surface area contributed by atoms with Crippen molar-refractivity contribution in [2.75, 3.05) is 19.8 Å². The van der Waals surface area contributed by atoms with Gasteiger partial charge in [-0.25, -0.2) is 0 Å². The highest BCUT2D eigenvalue weighted by atomic mass is 16.7. The second kappa shape index (κ2) is 36.5. The molecule has 10 nitrogen and oxygen atoms in total. The number of allylic oxidation sites excluding steroid dienone is 4. The smallest absolute Gasteiger partial charge is 0.306 e. The summed E-state index contributed by atoms with van der Waals surface area (Å²) in [6, 6.07) is 0. The third kappa shape index (κ3) is 28.3. The van der Waals surface area contributed by atoms with Crippen LogP contribution in [0.1, 0.15) is 194 Å². The fourth-order valence-corrected chi connectivity index (χ4v) is 6.71. The summed E-state index contributed by atoms with van der Waals surface area (Å²) in [7, 11) is 0. The van der Waals surface area contributed by atoms with Crippen LogP contribution in [0.15, 0.2) is 24.3 Å². The molecule has 55 heavy (non-hydrogen) atoms. The van der Waals surface area contributed by atoms with Crippen molar-refractivity contribution in [1.82, 2.24) is 0 Å². The topological polar surface area (TPSA) is 152 Å². The van der Waals surface area contributed by atoms with Crippen molar-refractivity contribution in [3.63, 3.8) is 0 Å². The van der Waals surface area contributed by atoms with Crippen LogP contribution in [0.3, 0.4) is 0 Å². The first-order valence-corrected chi connectivity index (χ1v) is 22.4. The molecule has 0 radical (unpaired) electrons. The molecule has 0 amide bonds. The number of esters is 2. The minimum atomic E-state index is -1.60. The molecule has 0 saturated carbocycles. The second-order valence-electron chi connectivity index (χ2n) is 15.5. The molecule has 0 aromatic rings. The number of hydrogen-bond donors (Lipinski definition) is 4. The summed E-state index contributed by atoms with van der Waals surface area (Å²) in [5.74, 6) is -0.826. The lowest BCUT2D eigenvalue weighted by molar-refractivity contribution is -0.305. The van der Waals surface area contributed by atoms with E-state index in [-0.39, 0.29) is 26.1 Å². The molecule has 0 aromatic carbocycles. The van der Waals surface area contributed by atoms with Crippen molar-refractivity contribution in [3.05, 3.63) is 24.3 Å². The molecule has 4 N–H and O–H groups in total. The Labute approximate surface area is 334 Å². The average Bonchev–Trinajstić information content (AvgIpc) is 3.18. The van der Waals surface area contributed by atoms with Gasteiger partial charge in [-0.3, -0.25) is 9.59 Å². The summed E-state index contributed by atoms with van der Waals surface area (Å²) in [4.78, 5) is 25.3. The molecule has 1 rings (SSSR count). The quantitative estimate of drug-likeness (QED) is 0.0273. The maximum Gasteiger partial charge on any atom is 0.306 e. The number of aliphatic hydroxyl groups is 4. The Balaban J connectivity index is 2.34. The summed E-state index contributed by atoms with van der Waals surface area (Å²) < 4.78 is 22.1. The van der Waals surface area contributed by atoms with E-state index in [0.29, 0.717) is 12.8 Å². The third-order valence-electron chi connectivity index (χ3n) is 10.3. The molecule has 322 valence electrons. The van der Waals surface area contributed by atoms with E-state index < -0.39 is 55.4 Å². The number of ether oxygens (including phenoxy) is 4. The molecule has 1 saturated heterocycles. The number of aliphatic hydroxyl groups excluding tert-OH is 4. The van der Waals surface area contributed by atoms with E-state index in [1.54, 1.807) is 0 Å². The zero-order valence-corrected chi connectivity index (χ0v) is 34.9. The van der Waals surface area contributed by atoms with Crippen molar-refractivity contribution in [1.29, 1.82) is 0 Å². The molecular formula is C45H82O10. The van der Waals surface area contributed by atoms with E-state index in [1.807, 2.05) is 0 Å². The predicted octanol–water partition coefficient (Wildman–Crippen LogP) is 9.33. The average molecular weight is 783 g/mol. The van der Waals surface area contributed by atoms with Crippen LogP contribution in [0.4, 0.5) is 0 Å². The van der Waals surface area contributed by atoms with Crippen molar-refractivity contribution in [2.45, 2.75) is 230 Å². The Hall–Kier alpha value is -1.82. The minimum Gasteiger partial charge on any atom is -0.462 e. The first kappa shape index (κ1) is 51.2. The van der Waals surface area contributed by atoms with Gasteiger partial charge in [-0.2, -0.15) is 0 Å². The zero-order chi connectivity index (χ0) is 40.2. The SMILES string of the molecule is CCCCCC/C=C/CCCCCCCCCC(=O)O[C@@H](COC(=O)CCCCC/C=C/CCCCCCCCCC)CO[C@H]1O[C@@H](CO)[C@@H](O)C(O)C1O. The summed E-state index contributed by atoms with van der Waals surface area (Å²) >= 11 is 0. The van der Waals surface area contributed by atoms with Gasteiger partial charge in [0.15, 0.2) is 12.4 Å². The second-order valence-corrected chi connectivity index (χ2v) is 15.5. The maximum atomic E-state index is 12.8.